The Morgan fingerprint density at radius 2 is 1.73 bits per heavy atom. The summed E-state index contributed by atoms with van der Waals surface area (Å²) in [6, 6.07) is 14.9. The number of fused-ring (bicyclic) bond motifs is 1. The van der Waals surface area contributed by atoms with Crippen molar-refractivity contribution in [1.29, 1.82) is 0 Å². The first kappa shape index (κ1) is 21.1. The number of hydrogen-bond donors (Lipinski definition) is 2. The monoisotopic (exact) mass is 409 g/mol. The average molecular weight is 409 g/mol. The highest BCUT2D eigenvalue weighted by Gasteiger charge is 2.26. The van der Waals surface area contributed by atoms with E-state index in [9.17, 15) is 19.5 Å². The van der Waals surface area contributed by atoms with Crippen molar-refractivity contribution in [2.24, 2.45) is 5.92 Å². The number of benzene rings is 2. The molecule has 1 unspecified atom stereocenters. The van der Waals surface area contributed by atoms with Crippen LogP contribution in [0.15, 0.2) is 63.8 Å². The summed E-state index contributed by atoms with van der Waals surface area (Å²) in [6.45, 7) is 4.94. The van der Waals surface area contributed by atoms with Gasteiger partial charge in [0.15, 0.2) is 6.10 Å². The maximum absolute atomic E-state index is 12.4. The Balaban J connectivity index is 1.85. The fraction of sp³-hybridized carbons (Fsp3) is 0.261. The van der Waals surface area contributed by atoms with Crippen LogP contribution in [0.5, 0.6) is 5.75 Å². The molecule has 2 aromatic carbocycles. The SMILES string of the molecule is CC(Oc1ccc2c(-c3ccccc3)cc(=O)oc2c1)C(=O)N[C@H](C(=O)O)C(C)C. The van der Waals surface area contributed by atoms with E-state index in [1.165, 1.54) is 13.0 Å². The third-order valence-corrected chi connectivity index (χ3v) is 4.71. The van der Waals surface area contributed by atoms with Gasteiger partial charge in [0.05, 0.1) is 0 Å². The zero-order valence-corrected chi connectivity index (χ0v) is 16.9. The predicted octanol–water partition coefficient (Wildman–Crippen LogP) is 3.45. The van der Waals surface area contributed by atoms with Crippen molar-refractivity contribution in [3.05, 3.63) is 65.0 Å². The summed E-state index contributed by atoms with van der Waals surface area (Å²) in [5.41, 5.74) is 1.45. The highest BCUT2D eigenvalue weighted by Crippen LogP contribution is 2.29. The van der Waals surface area contributed by atoms with Crippen LogP contribution in [0.3, 0.4) is 0 Å². The Kier molecular flexibility index (Phi) is 6.20. The first-order valence-corrected chi connectivity index (χ1v) is 9.59. The Labute approximate surface area is 173 Å². The molecule has 0 aliphatic heterocycles. The molecule has 7 heteroatoms. The minimum Gasteiger partial charge on any atom is -0.481 e. The minimum absolute atomic E-state index is 0.273. The normalized spacial score (nSPS) is 13.1. The summed E-state index contributed by atoms with van der Waals surface area (Å²) in [5.74, 6) is -1.60. The Morgan fingerprint density at radius 3 is 2.37 bits per heavy atom. The number of carbonyl (C=O) groups is 2. The van der Waals surface area contributed by atoms with E-state index < -0.39 is 29.6 Å². The zero-order valence-electron chi connectivity index (χ0n) is 16.9. The smallest absolute Gasteiger partial charge is 0.336 e. The first-order chi connectivity index (χ1) is 14.3. The Morgan fingerprint density at radius 1 is 1.03 bits per heavy atom. The number of ether oxygens (including phenoxy) is 1. The molecule has 0 fully saturated rings. The van der Waals surface area contributed by atoms with Crippen molar-refractivity contribution >= 4 is 22.8 Å². The molecule has 0 saturated carbocycles. The largest absolute Gasteiger partial charge is 0.481 e. The molecular weight excluding hydrogens is 386 g/mol. The zero-order chi connectivity index (χ0) is 21.8. The number of aliphatic carboxylic acids is 1. The summed E-state index contributed by atoms with van der Waals surface area (Å²) in [5, 5.41) is 12.4. The van der Waals surface area contributed by atoms with Gasteiger partial charge in [-0.3, -0.25) is 4.79 Å². The molecule has 3 aromatic rings. The molecule has 7 nitrogen and oxygen atoms in total. The average Bonchev–Trinajstić information content (AvgIpc) is 2.71. The van der Waals surface area contributed by atoms with E-state index in [1.807, 2.05) is 30.3 Å². The second kappa shape index (κ2) is 8.82. The van der Waals surface area contributed by atoms with E-state index in [0.717, 1.165) is 16.5 Å². The van der Waals surface area contributed by atoms with Crippen LogP contribution in [0.25, 0.3) is 22.1 Å². The van der Waals surface area contributed by atoms with Crippen molar-refractivity contribution in [1.82, 2.24) is 5.32 Å². The summed E-state index contributed by atoms with van der Waals surface area (Å²) < 4.78 is 11.0. The molecule has 156 valence electrons. The van der Waals surface area contributed by atoms with E-state index in [2.05, 4.69) is 5.32 Å². The molecule has 1 heterocycles. The molecule has 2 N–H and O–H groups in total. The quantitative estimate of drug-likeness (QED) is 0.579. The van der Waals surface area contributed by atoms with Gasteiger partial charge in [0.25, 0.3) is 5.91 Å². The number of rotatable bonds is 7. The molecule has 0 aliphatic rings. The fourth-order valence-corrected chi connectivity index (χ4v) is 3.11. The number of carbonyl (C=O) groups excluding carboxylic acids is 1. The van der Waals surface area contributed by atoms with Crippen LogP contribution in [0.1, 0.15) is 20.8 Å². The summed E-state index contributed by atoms with van der Waals surface area (Å²) in [7, 11) is 0. The van der Waals surface area contributed by atoms with Crippen LogP contribution in [0.4, 0.5) is 0 Å². The number of carboxylic acids is 1. The van der Waals surface area contributed by atoms with Gasteiger partial charge in [-0.1, -0.05) is 44.2 Å². The number of nitrogens with one attached hydrogen (secondary N) is 1. The van der Waals surface area contributed by atoms with Crippen LogP contribution in [0, 0.1) is 5.92 Å². The molecule has 0 saturated heterocycles. The van der Waals surface area contributed by atoms with E-state index in [-0.39, 0.29) is 5.92 Å². The molecule has 0 bridgehead atoms. The lowest BCUT2D eigenvalue weighted by Crippen LogP contribution is -2.48. The van der Waals surface area contributed by atoms with Gasteiger partial charge in [-0.2, -0.15) is 0 Å². The maximum atomic E-state index is 12.4. The van der Waals surface area contributed by atoms with Crippen LogP contribution in [0.2, 0.25) is 0 Å². The fourth-order valence-electron chi connectivity index (χ4n) is 3.11. The van der Waals surface area contributed by atoms with Crippen LogP contribution in [-0.2, 0) is 9.59 Å². The lowest BCUT2D eigenvalue weighted by Gasteiger charge is -2.21. The molecule has 3 rings (SSSR count). The predicted molar refractivity (Wildman–Crippen MR) is 112 cm³/mol. The minimum atomic E-state index is -1.11. The molecule has 2 atom stereocenters. The van der Waals surface area contributed by atoms with E-state index >= 15 is 0 Å². The van der Waals surface area contributed by atoms with Gasteiger partial charge in [-0.15, -0.1) is 0 Å². The lowest BCUT2D eigenvalue weighted by molar-refractivity contribution is -0.144. The molecule has 30 heavy (non-hydrogen) atoms. The third-order valence-electron chi connectivity index (χ3n) is 4.71. The van der Waals surface area contributed by atoms with Crippen molar-refractivity contribution in [3.63, 3.8) is 0 Å². The van der Waals surface area contributed by atoms with Crippen molar-refractivity contribution in [3.8, 4) is 16.9 Å². The van der Waals surface area contributed by atoms with Gasteiger partial charge in [0.1, 0.15) is 17.4 Å². The van der Waals surface area contributed by atoms with E-state index in [4.69, 9.17) is 9.15 Å². The molecule has 1 amide bonds. The van der Waals surface area contributed by atoms with Crippen LogP contribution >= 0.6 is 0 Å². The van der Waals surface area contributed by atoms with Crippen LogP contribution < -0.4 is 15.7 Å². The van der Waals surface area contributed by atoms with Gasteiger partial charge in [-0.25, -0.2) is 9.59 Å². The topological polar surface area (TPSA) is 106 Å². The van der Waals surface area contributed by atoms with Crippen LogP contribution in [-0.4, -0.2) is 29.1 Å². The first-order valence-electron chi connectivity index (χ1n) is 9.59. The van der Waals surface area contributed by atoms with Gasteiger partial charge in [-0.05, 0) is 36.1 Å². The van der Waals surface area contributed by atoms with E-state index in [1.54, 1.807) is 32.0 Å². The van der Waals surface area contributed by atoms with Crippen molar-refractivity contribution in [2.75, 3.05) is 0 Å². The third kappa shape index (κ3) is 4.68. The second-order valence-corrected chi connectivity index (χ2v) is 7.33. The highest BCUT2D eigenvalue weighted by atomic mass is 16.5. The summed E-state index contributed by atoms with van der Waals surface area (Å²) in [4.78, 5) is 35.7. The van der Waals surface area contributed by atoms with Gasteiger partial charge in [0, 0.05) is 17.5 Å². The number of carboxylic acid groups (broad SMARTS) is 1. The second-order valence-electron chi connectivity index (χ2n) is 7.33. The Bertz CT molecular complexity index is 1120. The number of hydrogen-bond acceptors (Lipinski definition) is 5. The summed E-state index contributed by atoms with van der Waals surface area (Å²) in [6.07, 6.45) is -0.938. The van der Waals surface area contributed by atoms with Gasteiger partial charge >= 0.3 is 11.6 Å². The van der Waals surface area contributed by atoms with Crippen molar-refractivity contribution < 1.29 is 23.8 Å². The molecule has 0 radical (unpaired) electrons. The summed E-state index contributed by atoms with van der Waals surface area (Å²) >= 11 is 0. The molecule has 1 aromatic heterocycles. The molecule has 0 aliphatic carbocycles. The number of amides is 1. The molecule has 0 spiro atoms. The maximum Gasteiger partial charge on any atom is 0.336 e. The van der Waals surface area contributed by atoms with Gasteiger partial charge in [0.2, 0.25) is 0 Å². The standard InChI is InChI=1S/C23H23NO6/c1-13(2)21(23(27)28)24-22(26)14(3)29-16-9-10-17-18(15-7-5-4-6-8-15)12-20(25)30-19(17)11-16/h4-14,21H,1-3H3,(H,24,26)(H,27,28)/t14?,21-/m0/s1. The van der Waals surface area contributed by atoms with Crippen molar-refractivity contribution in [2.45, 2.75) is 32.9 Å². The van der Waals surface area contributed by atoms with Gasteiger partial charge < -0.3 is 19.6 Å². The Hall–Kier alpha value is -3.61. The lowest BCUT2D eigenvalue weighted by atomic mass is 10.0. The molecular formula is C23H23NO6. The van der Waals surface area contributed by atoms with E-state index in [0.29, 0.717) is 11.3 Å². The highest BCUT2D eigenvalue weighted by molar-refractivity contribution is 5.94.